The SMILES string of the molecule is N/C(=N\S(=O)(=O)c1cccs1)NCc1cnc(-c2ccc(Cl)cc2)c(-c2ccc(Cl)cc2)c1. The lowest BCUT2D eigenvalue weighted by Gasteiger charge is -2.13. The monoisotopic (exact) mass is 516 g/mol. The first-order chi connectivity index (χ1) is 15.8. The highest BCUT2D eigenvalue weighted by molar-refractivity contribution is 7.92. The summed E-state index contributed by atoms with van der Waals surface area (Å²) in [6.45, 7) is 0.240. The van der Waals surface area contributed by atoms with Crippen LogP contribution in [0.15, 0.2) is 86.9 Å². The second-order valence-corrected chi connectivity index (χ2v) is 10.6. The minimum Gasteiger partial charge on any atom is -0.369 e. The zero-order valence-corrected chi connectivity index (χ0v) is 20.2. The van der Waals surface area contributed by atoms with E-state index in [9.17, 15) is 8.42 Å². The highest BCUT2D eigenvalue weighted by Crippen LogP contribution is 2.32. The molecule has 10 heteroatoms. The molecule has 0 atom stereocenters. The average molecular weight is 517 g/mol. The molecule has 3 N–H and O–H groups in total. The quantitative estimate of drug-likeness (QED) is 0.257. The lowest BCUT2D eigenvalue weighted by atomic mass is 9.98. The van der Waals surface area contributed by atoms with Crippen molar-refractivity contribution in [3.8, 4) is 22.4 Å². The Morgan fingerprint density at radius 2 is 1.64 bits per heavy atom. The van der Waals surface area contributed by atoms with Crippen molar-refractivity contribution in [3.63, 3.8) is 0 Å². The van der Waals surface area contributed by atoms with E-state index in [-0.39, 0.29) is 16.7 Å². The maximum absolute atomic E-state index is 12.3. The van der Waals surface area contributed by atoms with Crippen LogP contribution in [-0.2, 0) is 16.6 Å². The molecule has 0 aliphatic heterocycles. The van der Waals surface area contributed by atoms with E-state index in [1.807, 2.05) is 54.6 Å². The predicted molar refractivity (Wildman–Crippen MR) is 135 cm³/mol. The van der Waals surface area contributed by atoms with E-state index in [2.05, 4.69) is 14.7 Å². The van der Waals surface area contributed by atoms with Crippen LogP contribution in [-0.4, -0.2) is 19.4 Å². The summed E-state index contributed by atoms with van der Waals surface area (Å²) in [7, 11) is -3.84. The number of sulfonamides is 1. The van der Waals surface area contributed by atoms with E-state index in [1.165, 1.54) is 6.07 Å². The molecule has 0 bridgehead atoms. The fourth-order valence-electron chi connectivity index (χ4n) is 3.10. The van der Waals surface area contributed by atoms with Crippen LogP contribution in [0, 0.1) is 0 Å². The van der Waals surface area contributed by atoms with E-state index in [0.717, 1.165) is 39.3 Å². The molecule has 0 saturated carbocycles. The molecule has 33 heavy (non-hydrogen) atoms. The highest BCUT2D eigenvalue weighted by atomic mass is 35.5. The number of nitrogens with two attached hydrogens (primary N) is 1. The lowest BCUT2D eigenvalue weighted by Crippen LogP contribution is -2.32. The Kier molecular flexibility index (Phi) is 6.99. The van der Waals surface area contributed by atoms with Crippen molar-refractivity contribution in [1.29, 1.82) is 0 Å². The Bertz CT molecular complexity index is 1390. The smallest absolute Gasteiger partial charge is 0.295 e. The van der Waals surface area contributed by atoms with Gasteiger partial charge in [-0.05, 0) is 52.9 Å². The lowest BCUT2D eigenvalue weighted by molar-refractivity contribution is 0.599. The number of nitrogens with zero attached hydrogens (tertiary/aromatic N) is 2. The standard InChI is InChI=1S/C23H18Cl2N4O2S2/c24-18-7-3-16(4-8-18)20-12-15(13-27-22(20)17-5-9-19(25)10-6-17)14-28-23(26)29-33(30,31)21-2-1-11-32-21/h1-13H,14H2,(H3,26,28,29). The van der Waals surface area contributed by atoms with Gasteiger partial charge in [0.1, 0.15) is 4.21 Å². The van der Waals surface area contributed by atoms with Gasteiger partial charge in [0.05, 0.1) is 5.69 Å². The number of thiophene rings is 1. The van der Waals surface area contributed by atoms with Crippen molar-refractivity contribution < 1.29 is 8.42 Å². The zero-order valence-electron chi connectivity index (χ0n) is 17.1. The Morgan fingerprint density at radius 3 is 2.24 bits per heavy atom. The molecule has 168 valence electrons. The first-order valence-electron chi connectivity index (χ1n) is 9.70. The van der Waals surface area contributed by atoms with Crippen LogP contribution in [0.5, 0.6) is 0 Å². The molecule has 4 rings (SSSR count). The van der Waals surface area contributed by atoms with Crippen LogP contribution in [0.4, 0.5) is 0 Å². The fourth-order valence-corrected chi connectivity index (χ4v) is 5.23. The van der Waals surface area contributed by atoms with Gasteiger partial charge in [-0.1, -0.05) is 53.5 Å². The minimum atomic E-state index is -3.84. The topological polar surface area (TPSA) is 97.4 Å². The Labute approximate surface area is 205 Å². The minimum absolute atomic E-state index is 0.131. The number of halogens is 2. The largest absolute Gasteiger partial charge is 0.369 e. The van der Waals surface area contributed by atoms with Gasteiger partial charge in [-0.15, -0.1) is 15.7 Å². The van der Waals surface area contributed by atoms with Crippen LogP contribution in [0.2, 0.25) is 10.0 Å². The fraction of sp³-hybridized carbons (Fsp3) is 0.0435. The molecule has 0 unspecified atom stereocenters. The van der Waals surface area contributed by atoms with Crippen molar-refractivity contribution in [2.24, 2.45) is 10.1 Å². The Balaban J connectivity index is 1.63. The summed E-state index contributed by atoms with van der Waals surface area (Å²) in [4.78, 5) is 4.66. The van der Waals surface area contributed by atoms with E-state index in [0.29, 0.717) is 10.0 Å². The number of pyridine rings is 1. The molecule has 2 aromatic carbocycles. The number of aromatic nitrogens is 1. The van der Waals surface area contributed by atoms with Gasteiger partial charge in [-0.25, -0.2) is 0 Å². The van der Waals surface area contributed by atoms with Gasteiger partial charge in [-0.2, -0.15) is 8.42 Å². The van der Waals surface area contributed by atoms with Crippen molar-refractivity contribution in [2.45, 2.75) is 10.8 Å². The summed E-state index contributed by atoms with van der Waals surface area (Å²) in [5.74, 6) is -0.196. The van der Waals surface area contributed by atoms with E-state index in [1.54, 1.807) is 17.6 Å². The number of benzene rings is 2. The van der Waals surface area contributed by atoms with Crippen molar-refractivity contribution in [1.82, 2.24) is 10.3 Å². The molecule has 0 aliphatic rings. The second kappa shape index (κ2) is 9.93. The van der Waals surface area contributed by atoms with E-state index < -0.39 is 10.0 Å². The Hall–Kier alpha value is -2.91. The van der Waals surface area contributed by atoms with E-state index >= 15 is 0 Å². The van der Waals surface area contributed by atoms with Crippen LogP contribution in [0.3, 0.4) is 0 Å². The molecule has 0 aliphatic carbocycles. The molecular weight excluding hydrogens is 499 g/mol. The third kappa shape index (κ3) is 5.72. The normalized spacial score (nSPS) is 12.0. The zero-order chi connectivity index (χ0) is 23.4. The number of nitrogens with one attached hydrogen (secondary N) is 1. The van der Waals surface area contributed by atoms with Crippen molar-refractivity contribution in [2.75, 3.05) is 0 Å². The van der Waals surface area contributed by atoms with Crippen LogP contribution >= 0.6 is 34.5 Å². The first-order valence-corrected chi connectivity index (χ1v) is 12.8. The molecule has 0 spiro atoms. The highest BCUT2D eigenvalue weighted by Gasteiger charge is 2.15. The third-order valence-electron chi connectivity index (χ3n) is 4.66. The predicted octanol–water partition coefficient (Wildman–Crippen LogP) is 5.58. The number of hydrogen-bond donors (Lipinski definition) is 2. The number of hydrogen-bond acceptors (Lipinski definition) is 4. The summed E-state index contributed by atoms with van der Waals surface area (Å²) >= 11 is 13.2. The number of guanidine groups is 1. The van der Waals surface area contributed by atoms with Crippen molar-refractivity contribution >= 4 is 50.5 Å². The molecule has 4 aromatic rings. The average Bonchev–Trinajstić information content (AvgIpc) is 3.35. The van der Waals surface area contributed by atoms with Crippen molar-refractivity contribution in [3.05, 3.63) is 93.9 Å². The molecule has 0 amide bonds. The van der Waals surface area contributed by atoms with Gasteiger partial charge >= 0.3 is 0 Å². The summed E-state index contributed by atoms with van der Waals surface area (Å²) in [5, 5.41) is 5.78. The molecule has 6 nitrogen and oxygen atoms in total. The van der Waals surface area contributed by atoms with Gasteiger partial charge in [-0.3, -0.25) is 4.98 Å². The molecule has 2 aromatic heterocycles. The van der Waals surface area contributed by atoms with Gasteiger partial charge in [0.2, 0.25) is 5.96 Å². The van der Waals surface area contributed by atoms with E-state index in [4.69, 9.17) is 28.9 Å². The maximum Gasteiger partial charge on any atom is 0.295 e. The number of rotatable bonds is 6. The van der Waals surface area contributed by atoms with Gasteiger partial charge in [0, 0.05) is 33.9 Å². The summed E-state index contributed by atoms with van der Waals surface area (Å²) in [5.41, 5.74) is 10.1. The molecule has 0 radical (unpaired) electrons. The van der Waals surface area contributed by atoms with Gasteiger partial charge in [0.25, 0.3) is 10.0 Å². The molecule has 0 fully saturated rings. The Morgan fingerprint density at radius 1 is 1.00 bits per heavy atom. The molecule has 2 heterocycles. The summed E-state index contributed by atoms with van der Waals surface area (Å²) in [6, 6.07) is 20.0. The summed E-state index contributed by atoms with van der Waals surface area (Å²) in [6.07, 6.45) is 1.71. The maximum atomic E-state index is 12.3. The summed E-state index contributed by atoms with van der Waals surface area (Å²) < 4.78 is 28.3. The van der Waals surface area contributed by atoms with Gasteiger partial charge in [0.15, 0.2) is 0 Å². The molecule has 0 saturated heterocycles. The molecular formula is C23H18Cl2N4O2S2. The second-order valence-electron chi connectivity index (χ2n) is 6.99. The third-order valence-corrected chi connectivity index (χ3v) is 7.83. The van der Waals surface area contributed by atoms with Gasteiger partial charge < -0.3 is 11.1 Å². The van der Waals surface area contributed by atoms with Crippen LogP contribution in [0.25, 0.3) is 22.4 Å². The van der Waals surface area contributed by atoms with Crippen LogP contribution in [0.1, 0.15) is 5.56 Å². The first kappa shape index (κ1) is 23.3. The van der Waals surface area contributed by atoms with Crippen LogP contribution < -0.4 is 11.1 Å².